The lowest BCUT2D eigenvalue weighted by atomic mass is 10.1. The molecule has 0 saturated carbocycles. The van der Waals surface area contributed by atoms with Crippen molar-refractivity contribution in [1.29, 1.82) is 0 Å². The molecule has 0 N–H and O–H groups in total. The maximum Gasteiger partial charge on any atom is 0.0972 e. The number of rotatable bonds is 7. The lowest BCUT2D eigenvalue weighted by Crippen LogP contribution is -2.29. The van der Waals surface area contributed by atoms with E-state index in [9.17, 15) is 0 Å². The predicted molar refractivity (Wildman–Crippen MR) is 109 cm³/mol. The summed E-state index contributed by atoms with van der Waals surface area (Å²) in [5, 5.41) is 4.94. The molecule has 2 aromatic carbocycles. The van der Waals surface area contributed by atoms with Gasteiger partial charge in [-0.3, -0.25) is 4.90 Å². The molecule has 140 valence electrons. The van der Waals surface area contributed by atoms with Crippen molar-refractivity contribution in [3.05, 3.63) is 72.4 Å². The summed E-state index contributed by atoms with van der Waals surface area (Å²) >= 11 is 0. The van der Waals surface area contributed by atoms with E-state index < -0.39 is 0 Å². The topological polar surface area (TPSA) is 30.3 Å². The fourth-order valence-corrected chi connectivity index (χ4v) is 3.72. The highest BCUT2D eigenvalue weighted by atomic mass is 16.5. The molecule has 27 heavy (non-hydrogen) atoms. The van der Waals surface area contributed by atoms with Crippen LogP contribution in [0.25, 0.3) is 16.9 Å². The first-order chi connectivity index (χ1) is 13.3. The monoisotopic (exact) mass is 361 g/mol. The Morgan fingerprint density at radius 1 is 1.07 bits per heavy atom. The number of benzene rings is 2. The van der Waals surface area contributed by atoms with E-state index in [1.807, 2.05) is 10.7 Å². The zero-order valence-corrected chi connectivity index (χ0v) is 15.9. The maximum atomic E-state index is 5.56. The number of aromatic nitrogens is 2. The Morgan fingerprint density at radius 2 is 1.81 bits per heavy atom. The Morgan fingerprint density at radius 3 is 2.48 bits per heavy atom. The molecular formula is C23H27N3O. The Bertz CT molecular complexity index is 839. The highest BCUT2D eigenvalue weighted by Crippen LogP contribution is 2.25. The molecule has 1 aromatic heterocycles. The van der Waals surface area contributed by atoms with Gasteiger partial charge in [0.2, 0.25) is 0 Å². The Balaban J connectivity index is 1.64. The van der Waals surface area contributed by atoms with E-state index in [0.29, 0.717) is 5.92 Å². The maximum absolute atomic E-state index is 5.56. The number of ether oxygens (including phenoxy) is 1. The van der Waals surface area contributed by atoms with Crippen LogP contribution < -0.4 is 0 Å². The summed E-state index contributed by atoms with van der Waals surface area (Å²) in [5.41, 5.74) is 4.60. The molecule has 1 fully saturated rings. The first-order valence-corrected chi connectivity index (χ1v) is 9.83. The summed E-state index contributed by atoms with van der Waals surface area (Å²) < 4.78 is 7.57. The highest BCUT2D eigenvalue weighted by molar-refractivity contribution is 5.63. The van der Waals surface area contributed by atoms with E-state index in [2.05, 4.69) is 72.6 Å². The molecule has 3 aromatic rings. The van der Waals surface area contributed by atoms with Gasteiger partial charge in [0.25, 0.3) is 0 Å². The Labute approximate surface area is 161 Å². The summed E-state index contributed by atoms with van der Waals surface area (Å²) in [4.78, 5) is 2.51. The molecule has 4 rings (SSSR count). The summed E-state index contributed by atoms with van der Waals surface area (Å²) in [5.74, 6) is 0.647. The largest absolute Gasteiger partial charge is 0.381 e. The van der Waals surface area contributed by atoms with Crippen LogP contribution >= 0.6 is 0 Å². The second-order valence-electron chi connectivity index (χ2n) is 7.21. The van der Waals surface area contributed by atoms with Crippen molar-refractivity contribution < 1.29 is 4.74 Å². The van der Waals surface area contributed by atoms with Crippen molar-refractivity contribution >= 4 is 0 Å². The Kier molecular flexibility index (Phi) is 5.66. The van der Waals surface area contributed by atoms with Gasteiger partial charge in [-0.25, -0.2) is 4.68 Å². The minimum absolute atomic E-state index is 0.647. The predicted octanol–water partition coefficient (Wildman–Crippen LogP) is 4.40. The molecule has 1 atom stereocenters. The summed E-state index contributed by atoms with van der Waals surface area (Å²) in [6.07, 6.45) is 3.36. The molecule has 1 saturated heterocycles. The first kappa shape index (κ1) is 18.0. The fourth-order valence-electron chi connectivity index (χ4n) is 3.72. The number of hydrogen-bond donors (Lipinski definition) is 0. The van der Waals surface area contributed by atoms with Gasteiger partial charge in [-0.05, 0) is 31.0 Å². The van der Waals surface area contributed by atoms with Crippen LogP contribution in [-0.4, -0.2) is 41.0 Å². The van der Waals surface area contributed by atoms with Crippen LogP contribution in [-0.2, 0) is 11.3 Å². The summed E-state index contributed by atoms with van der Waals surface area (Å²) in [6.45, 7) is 7.06. The third-order valence-electron chi connectivity index (χ3n) is 5.24. The minimum atomic E-state index is 0.647. The molecule has 2 heterocycles. The minimum Gasteiger partial charge on any atom is -0.381 e. The third kappa shape index (κ3) is 4.29. The van der Waals surface area contributed by atoms with Gasteiger partial charge in [0, 0.05) is 37.0 Å². The van der Waals surface area contributed by atoms with Crippen LogP contribution in [0.2, 0.25) is 0 Å². The molecule has 0 bridgehead atoms. The van der Waals surface area contributed by atoms with Crippen molar-refractivity contribution in [2.24, 2.45) is 5.92 Å². The quantitative estimate of drug-likeness (QED) is 0.625. The zero-order valence-electron chi connectivity index (χ0n) is 15.9. The van der Waals surface area contributed by atoms with E-state index in [0.717, 1.165) is 44.2 Å². The van der Waals surface area contributed by atoms with E-state index in [-0.39, 0.29) is 0 Å². The molecule has 0 spiro atoms. The van der Waals surface area contributed by atoms with Gasteiger partial charge in [0.05, 0.1) is 18.0 Å². The fraction of sp³-hybridized carbons (Fsp3) is 0.348. The van der Waals surface area contributed by atoms with Crippen LogP contribution in [0.3, 0.4) is 0 Å². The van der Waals surface area contributed by atoms with E-state index in [4.69, 9.17) is 9.84 Å². The third-order valence-corrected chi connectivity index (χ3v) is 5.24. The van der Waals surface area contributed by atoms with Crippen LogP contribution in [0, 0.1) is 5.92 Å². The average molecular weight is 361 g/mol. The highest BCUT2D eigenvalue weighted by Gasteiger charge is 2.20. The summed E-state index contributed by atoms with van der Waals surface area (Å²) in [7, 11) is 0. The molecule has 0 aliphatic carbocycles. The number of nitrogens with zero attached hydrogens (tertiary/aromatic N) is 3. The van der Waals surface area contributed by atoms with Crippen molar-refractivity contribution in [1.82, 2.24) is 14.7 Å². The van der Waals surface area contributed by atoms with Crippen LogP contribution in [0.5, 0.6) is 0 Å². The van der Waals surface area contributed by atoms with Gasteiger partial charge in [0.1, 0.15) is 0 Å². The molecule has 1 aliphatic rings. The lowest BCUT2D eigenvalue weighted by Gasteiger charge is -2.23. The van der Waals surface area contributed by atoms with Gasteiger partial charge >= 0.3 is 0 Å². The smallest absolute Gasteiger partial charge is 0.0972 e. The van der Waals surface area contributed by atoms with E-state index >= 15 is 0 Å². The molecule has 0 amide bonds. The van der Waals surface area contributed by atoms with E-state index in [1.54, 1.807) is 0 Å². The first-order valence-electron chi connectivity index (χ1n) is 9.83. The average Bonchev–Trinajstić information content (AvgIpc) is 3.39. The lowest BCUT2D eigenvalue weighted by molar-refractivity contribution is 0.167. The van der Waals surface area contributed by atoms with Crippen molar-refractivity contribution in [3.8, 4) is 16.9 Å². The van der Waals surface area contributed by atoms with Crippen molar-refractivity contribution in [2.45, 2.75) is 19.9 Å². The molecule has 1 aliphatic heterocycles. The normalized spacial score (nSPS) is 16.9. The molecule has 1 unspecified atom stereocenters. The second kappa shape index (κ2) is 8.51. The molecule has 4 nitrogen and oxygen atoms in total. The Hall–Kier alpha value is -2.43. The van der Waals surface area contributed by atoms with Gasteiger partial charge in [-0.2, -0.15) is 5.10 Å². The summed E-state index contributed by atoms with van der Waals surface area (Å²) in [6, 6.07) is 20.8. The van der Waals surface area contributed by atoms with Crippen LogP contribution in [0.15, 0.2) is 66.9 Å². The van der Waals surface area contributed by atoms with Gasteiger partial charge in [-0.1, -0.05) is 55.5 Å². The molecule has 0 radical (unpaired) electrons. The van der Waals surface area contributed by atoms with Crippen molar-refractivity contribution in [3.63, 3.8) is 0 Å². The van der Waals surface area contributed by atoms with Crippen LogP contribution in [0.4, 0.5) is 0 Å². The number of hydrogen-bond acceptors (Lipinski definition) is 3. The zero-order chi connectivity index (χ0) is 18.5. The molecular weight excluding hydrogens is 334 g/mol. The second-order valence-corrected chi connectivity index (χ2v) is 7.21. The van der Waals surface area contributed by atoms with Gasteiger partial charge < -0.3 is 4.74 Å². The molecule has 4 heteroatoms. The number of para-hydroxylation sites is 1. The standard InChI is InChI=1S/C23H27N3O/c1-2-25(15-19-13-14-27-18-19)16-21-17-26(22-11-7-4-8-12-22)24-23(21)20-9-5-3-6-10-20/h3-12,17,19H,2,13-16,18H2,1H3. The van der Waals surface area contributed by atoms with E-state index in [1.165, 1.54) is 17.5 Å². The van der Waals surface area contributed by atoms with Gasteiger partial charge in [-0.15, -0.1) is 0 Å². The van der Waals surface area contributed by atoms with Crippen molar-refractivity contribution in [2.75, 3.05) is 26.3 Å². The SMILES string of the molecule is CCN(Cc1cn(-c2ccccc2)nc1-c1ccccc1)CC1CCOC1. The van der Waals surface area contributed by atoms with Crippen LogP contribution in [0.1, 0.15) is 18.9 Å². The van der Waals surface area contributed by atoms with Gasteiger partial charge in [0.15, 0.2) is 0 Å².